The Balaban J connectivity index is 1.52. The summed E-state index contributed by atoms with van der Waals surface area (Å²) in [5.74, 6) is 3.86. The van der Waals surface area contributed by atoms with Crippen molar-refractivity contribution in [2.24, 2.45) is 17.8 Å². The normalized spacial score (nSPS) is 30.9. The standard InChI is InChI=1S/C26H30O2/c1-28-25-9-8-23(22-6-4-18(5-7-22)3-2-10-27)14-24(25)26-15-19-11-20(16-26)13-21(12-19)17-26/h2-9,14,19-21,27H,10-13,15-17H2,1H3. The summed E-state index contributed by atoms with van der Waals surface area (Å²) in [6, 6.07) is 15.4. The molecule has 0 spiro atoms. The molecule has 0 heterocycles. The summed E-state index contributed by atoms with van der Waals surface area (Å²) in [6.45, 7) is 0.0780. The summed E-state index contributed by atoms with van der Waals surface area (Å²) in [4.78, 5) is 0. The molecular formula is C26H30O2. The SMILES string of the molecule is COc1ccc(-c2ccc(C=CCO)cc2)cc1C12CC3CC(CC(C3)C1)C2. The number of ether oxygens (including phenoxy) is 1. The van der Waals surface area contributed by atoms with Gasteiger partial charge in [0, 0.05) is 5.56 Å². The van der Waals surface area contributed by atoms with Crippen LogP contribution < -0.4 is 4.74 Å². The third-order valence-electron chi connectivity index (χ3n) is 7.47. The summed E-state index contributed by atoms with van der Waals surface area (Å²) < 4.78 is 5.86. The maximum Gasteiger partial charge on any atom is 0.122 e. The van der Waals surface area contributed by atoms with E-state index in [0.717, 1.165) is 29.1 Å². The van der Waals surface area contributed by atoms with Crippen LogP contribution in [-0.4, -0.2) is 18.8 Å². The van der Waals surface area contributed by atoms with Gasteiger partial charge in [0.2, 0.25) is 0 Å². The Hall–Kier alpha value is -2.06. The van der Waals surface area contributed by atoms with Gasteiger partial charge in [0.05, 0.1) is 13.7 Å². The number of hydrogen-bond donors (Lipinski definition) is 1. The van der Waals surface area contributed by atoms with Gasteiger partial charge in [0.25, 0.3) is 0 Å². The minimum atomic E-state index is 0.0780. The minimum absolute atomic E-state index is 0.0780. The van der Waals surface area contributed by atoms with Gasteiger partial charge in [-0.25, -0.2) is 0 Å². The fourth-order valence-corrected chi connectivity index (χ4v) is 6.72. The second kappa shape index (κ2) is 7.08. The van der Waals surface area contributed by atoms with Crippen LogP contribution >= 0.6 is 0 Å². The highest BCUT2D eigenvalue weighted by Crippen LogP contribution is 2.62. The first-order valence-electron chi connectivity index (χ1n) is 10.8. The molecular weight excluding hydrogens is 344 g/mol. The largest absolute Gasteiger partial charge is 0.496 e. The van der Waals surface area contributed by atoms with Gasteiger partial charge in [-0.2, -0.15) is 0 Å². The second-order valence-corrected chi connectivity index (χ2v) is 9.32. The number of rotatable bonds is 5. The van der Waals surface area contributed by atoms with Gasteiger partial charge in [-0.15, -0.1) is 0 Å². The molecule has 28 heavy (non-hydrogen) atoms. The van der Waals surface area contributed by atoms with Gasteiger partial charge >= 0.3 is 0 Å². The highest BCUT2D eigenvalue weighted by atomic mass is 16.5. The smallest absolute Gasteiger partial charge is 0.122 e. The van der Waals surface area contributed by atoms with Crippen LogP contribution in [0.5, 0.6) is 5.75 Å². The predicted octanol–water partition coefficient (Wildman–Crippen LogP) is 5.84. The molecule has 4 saturated carbocycles. The van der Waals surface area contributed by atoms with Crippen molar-refractivity contribution in [2.45, 2.75) is 43.9 Å². The summed E-state index contributed by atoms with van der Waals surface area (Å²) in [5.41, 5.74) is 5.43. The van der Waals surface area contributed by atoms with E-state index in [1.165, 1.54) is 55.2 Å². The maximum atomic E-state index is 8.96. The van der Waals surface area contributed by atoms with E-state index in [1.54, 1.807) is 6.08 Å². The first kappa shape index (κ1) is 18.0. The molecule has 4 aliphatic rings. The van der Waals surface area contributed by atoms with Crippen molar-refractivity contribution in [2.75, 3.05) is 13.7 Å². The third-order valence-corrected chi connectivity index (χ3v) is 7.47. The molecule has 2 aromatic carbocycles. The van der Waals surface area contributed by atoms with Crippen molar-refractivity contribution in [1.29, 1.82) is 0 Å². The van der Waals surface area contributed by atoms with Gasteiger partial charge in [-0.1, -0.05) is 42.5 Å². The third kappa shape index (κ3) is 3.08. The minimum Gasteiger partial charge on any atom is -0.496 e. The topological polar surface area (TPSA) is 29.5 Å². The molecule has 0 atom stereocenters. The Morgan fingerprint density at radius 1 is 0.929 bits per heavy atom. The molecule has 4 bridgehead atoms. The summed E-state index contributed by atoms with van der Waals surface area (Å²) >= 11 is 0. The molecule has 0 aliphatic heterocycles. The van der Waals surface area contributed by atoms with Crippen molar-refractivity contribution in [1.82, 2.24) is 0 Å². The Bertz CT molecular complexity index is 843. The van der Waals surface area contributed by atoms with Gasteiger partial charge in [0.15, 0.2) is 0 Å². The predicted molar refractivity (Wildman–Crippen MR) is 114 cm³/mol. The first-order chi connectivity index (χ1) is 13.7. The zero-order valence-electron chi connectivity index (χ0n) is 16.7. The number of methoxy groups -OCH3 is 1. The van der Waals surface area contributed by atoms with Crippen molar-refractivity contribution in [3.8, 4) is 16.9 Å². The Labute approximate surface area is 168 Å². The summed E-state index contributed by atoms with van der Waals surface area (Å²) in [7, 11) is 1.82. The van der Waals surface area contributed by atoms with Crippen molar-refractivity contribution in [3.63, 3.8) is 0 Å². The van der Waals surface area contributed by atoms with Gasteiger partial charge < -0.3 is 9.84 Å². The van der Waals surface area contributed by atoms with E-state index in [4.69, 9.17) is 9.84 Å². The first-order valence-corrected chi connectivity index (χ1v) is 10.8. The van der Waals surface area contributed by atoms with Gasteiger partial charge in [-0.05, 0) is 90.5 Å². The molecule has 6 rings (SSSR count). The molecule has 2 heteroatoms. The van der Waals surface area contributed by atoms with E-state index in [0.29, 0.717) is 5.41 Å². The van der Waals surface area contributed by atoms with E-state index in [1.807, 2.05) is 13.2 Å². The number of hydrogen-bond acceptors (Lipinski definition) is 2. The van der Waals surface area contributed by atoms with E-state index in [-0.39, 0.29) is 6.61 Å². The van der Waals surface area contributed by atoms with Crippen LogP contribution in [0.3, 0.4) is 0 Å². The molecule has 1 N–H and O–H groups in total. The average Bonchev–Trinajstić information content (AvgIpc) is 2.71. The van der Waals surface area contributed by atoms with E-state index in [9.17, 15) is 0 Å². The Morgan fingerprint density at radius 2 is 1.54 bits per heavy atom. The zero-order chi connectivity index (χ0) is 19.1. The Kier molecular flexibility index (Phi) is 4.55. The van der Waals surface area contributed by atoms with Crippen LogP contribution in [0, 0.1) is 17.8 Å². The van der Waals surface area contributed by atoms with Crippen LogP contribution in [-0.2, 0) is 5.41 Å². The summed E-state index contributed by atoms with van der Waals surface area (Å²) in [6.07, 6.45) is 12.2. The molecule has 2 nitrogen and oxygen atoms in total. The molecule has 4 fully saturated rings. The fourth-order valence-electron chi connectivity index (χ4n) is 6.72. The van der Waals surface area contributed by atoms with Crippen molar-refractivity contribution >= 4 is 6.08 Å². The van der Waals surface area contributed by atoms with Crippen LogP contribution in [0.2, 0.25) is 0 Å². The highest BCUT2D eigenvalue weighted by molar-refractivity contribution is 5.68. The molecule has 4 aliphatic carbocycles. The van der Waals surface area contributed by atoms with Crippen molar-refractivity contribution < 1.29 is 9.84 Å². The molecule has 0 unspecified atom stereocenters. The molecule has 0 amide bonds. The van der Waals surface area contributed by atoms with E-state index < -0.39 is 0 Å². The lowest BCUT2D eigenvalue weighted by molar-refractivity contribution is -0.00613. The lowest BCUT2D eigenvalue weighted by Crippen LogP contribution is -2.48. The molecule has 146 valence electrons. The monoisotopic (exact) mass is 374 g/mol. The number of benzene rings is 2. The quantitative estimate of drug-likeness (QED) is 0.713. The lowest BCUT2D eigenvalue weighted by Gasteiger charge is -2.57. The zero-order valence-corrected chi connectivity index (χ0v) is 16.7. The van der Waals surface area contributed by atoms with E-state index >= 15 is 0 Å². The molecule has 0 radical (unpaired) electrons. The second-order valence-electron chi connectivity index (χ2n) is 9.32. The lowest BCUT2D eigenvalue weighted by atomic mass is 9.48. The highest BCUT2D eigenvalue weighted by Gasteiger charge is 2.52. The van der Waals surface area contributed by atoms with Crippen molar-refractivity contribution in [3.05, 3.63) is 59.7 Å². The van der Waals surface area contributed by atoms with Crippen LogP contribution in [0.15, 0.2) is 48.5 Å². The summed E-state index contributed by atoms with van der Waals surface area (Å²) in [5, 5.41) is 8.96. The average molecular weight is 375 g/mol. The van der Waals surface area contributed by atoms with Crippen LogP contribution in [0.1, 0.15) is 49.7 Å². The Morgan fingerprint density at radius 3 is 2.11 bits per heavy atom. The van der Waals surface area contributed by atoms with E-state index in [2.05, 4.69) is 42.5 Å². The molecule has 2 aromatic rings. The van der Waals surface area contributed by atoms with Gasteiger partial charge in [-0.3, -0.25) is 0 Å². The maximum absolute atomic E-state index is 8.96. The van der Waals surface area contributed by atoms with Crippen LogP contribution in [0.25, 0.3) is 17.2 Å². The number of aliphatic hydroxyl groups excluding tert-OH is 1. The van der Waals surface area contributed by atoms with Gasteiger partial charge in [0.1, 0.15) is 5.75 Å². The number of aliphatic hydroxyl groups is 1. The van der Waals surface area contributed by atoms with Crippen LogP contribution in [0.4, 0.5) is 0 Å². The molecule has 0 saturated heterocycles. The molecule has 0 aromatic heterocycles. The fraction of sp³-hybridized carbons (Fsp3) is 0.462.